The standard InChI is InChI=1S/C29H32F2N4O4S/c1-2-39-28(36)29-16-20(17-32)27(33-24-8-6-22(30)7-9-24)14-21(29)10-13-35(19-29)40(37,38)26-5-3-4-25(15-26)34-12-11-23(31)18-34/h3-9,14-15,17,20,23,32H,2,10-13,16,18-19H2,1H3. The van der Waals surface area contributed by atoms with Gasteiger partial charge in [-0.25, -0.2) is 17.2 Å². The number of ether oxygens (including phenoxy) is 1. The van der Waals surface area contributed by atoms with E-state index < -0.39 is 33.5 Å². The topological polar surface area (TPSA) is 103 Å². The second kappa shape index (κ2) is 11.2. The fraction of sp³-hybridized carbons (Fsp3) is 0.414. The van der Waals surface area contributed by atoms with Gasteiger partial charge in [0.1, 0.15) is 17.4 Å². The number of sulfonamides is 1. The quantitative estimate of drug-likeness (QED) is 0.385. The van der Waals surface area contributed by atoms with Gasteiger partial charge in [-0.3, -0.25) is 9.79 Å². The lowest BCUT2D eigenvalue weighted by molar-refractivity contribution is -0.155. The predicted molar refractivity (Wildman–Crippen MR) is 149 cm³/mol. The van der Waals surface area contributed by atoms with E-state index in [-0.39, 0.29) is 49.8 Å². The zero-order valence-electron chi connectivity index (χ0n) is 22.2. The number of allylic oxidation sites excluding steroid dienone is 1. The molecule has 2 fully saturated rings. The molecule has 2 aromatic rings. The summed E-state index contributed by atoms with van der Waals surface area (Å²) in [6, 6.07) is 12.2. The van der Waals surface area contributed by atoms with Crippen molar-refractivity contribution in [2.24, 2.45) is 16.3 Å². The highest BCUT2D eigenvalue weighted by Crippen LogP contribution is 2.46. The molecule has 2 aliphatic heterocycles. The highest BCUT2D eigenvalue weighted by atomic mass is 32.2. The summed E-state index contributed by atoms with van der Waals surface area (Å²) in [7, 11) is -4.00. The Morgan fingerprint density at radius 3 is 2.67 bits per heavy atom. The Morgan fingerprint density at radius 1 is 1.23 bits per heavy atom. The molecule has 11 heteroatoms. The fourth-order valence-electron chi connectivity index (χ4n) is 5.76. The molecule has 1 N–H and O–H groups in total. The number of fused-ring (bicyclic) bond motifs is 1. The number of alkyl halides is 1. The van der Waals surface area contributed by atoms with E-state index in [4.69, 9.17) is 10.1 Å². The number of nitrogens with one attached hydrogen (secondary N) is 1. The van der Waals surface area contributed by atoms with Crippen LogP contribution in [0.4, 0.5) is 20.2 Å². The Labute approximate surface area is 232 Å². The van der Waals surface area contributed by atoms with Crippen LogP contribution in [0.25, 0.3) is 0 Å². The summed E-state index contributed by atoms with van der Waals surface area (Å²) < 4.78 is 61.7. The SMILES string of the molecule is CCOC(=O)C12CC(C=N)C(=Nc3ccc(F)cc3)C=C1CCN(S(=O)(=O)c1cccc(N3CCC(F)C3)c1)C2. The van der Waals surface area contributed by atoms with Crippen LogP contribution in [-0.2, 0) is 19.6 Å². The molecule has 1 aliphatic carbocycles. The minimum absolute atomic E-state index is 0.0803. The highest BCUT2D eigenvalue weighted by Gasteiger charge is 2.53. The molecule has 0 saturated carbocycles. The van der Waals surface area contributed by atoms with E-state index in [1.807, 2.05) is 4.90 Å². The molecule has 2 saturated heterocycles. The van der Waals surface area contributed by atoms with Crippen molar-refractivity contribution < 1.29 is 26.7 Å². The first-order valence-electron chi connectivity index (χ1n) is 13.4. The van der Waals surface area contributed by atoms with Gasteiger partial charge in [0.05, 0.1) is 17.2 Å². The average molecular weight is 571 g/mol. The van der Waals surface area contributed by atoms with Gasteiger partial charge in [0.2, 0.25) is 10.0 Å². The number of esters is 1. The maximum atomic E-state index is 13.9. The molecule has 5 rings (SSSR count). The van der Waals surface area contributed by atoms with Gasteiger partial charge in [-0.15, -0.1) is 0 Å². The van der Waals surface area contributed by atoms with E-state index in [2.05, 4.69) is 4.99 Å². The van der Waals surface area contributed by atoms with Gasteiger partial charge in [-0.1, -0.05) is 6.07 Å². The monoisotopic (exact) mass is 570 g/mol. The molecular formula is C29H32F2N4O4S. The van der Waals surface area contributed by atoms with E-state index in [1.54, 1.807) is 31.2 Å². The number of hydrogen-bond donors (Lipinski definition) is 1. The molecular weight excluding hydrogens is 538 g/mol. The molecule has 3 atom stereocenters. The lowest BCUT2D eigenvalue weighted by atomic mass is 9.65. The van der Waals surface area contributed by atoms with E-state index in [0.717, 1.165) is 0 Å². The van der Waals surface area contributed by atoms with Crippen LogP contribution >= 0.6 is 0 Å². The Morgan fingerprint density at radius 2 is 2.00 bits per heavy atom. The molecule has 0 radical (unpaired) electrons. The molecule has 2 heterocycles. The minimum Gasteiger partial charge on any atom is -0.465 e. The van der Waals surface area contributed by atoms with Crippen LogP contribution in [0.15, 0.2) is 70.1 Å². The maximum absolute atomic E-state index is 13.9. The summed E-state index contributed by atoms with van der Waals surface area (Å²) in [5.74, 6) is -1.50. The molecule has 0 spiro atoms. The molecule has 212 valence electrons. The number of nitrogens with zero attached hydrogens (tertiary/aromatic N) is 3. The zero-order valence-corrected chi connectivity index (χ0v) is 23.0. The summed E-state index contributed by atoms with van der Waals surface area (Å²) >= 11 is 0. The number of carbonyl (C=O) groups is 1. The third-order valence-corrected chi connectivity index (χ3v) is 9.71. The summed E-state index contributed by atoms with van der Waals surface area (Å²) in [6.07, 6.45) is 2.83. The maximum Gasteiger partial charge on any atom is 0.317 e. The lowest BCUT2D eigenvalue weighted by Crippen LogP contribution is -2.54. The lowest BCUT2D eigenvalue weighted by Gasteiger charge is -2.45. The van der Waals surface area contributed by atoms with Gasteiger partial charge in [0.15, 0.2) is 0 Å². The first kappa shape index (κ1) is 28.1. The van der Waals surface area contributed by atoms with Crippen LogP contribution in [0.2, 0.25) is 0 Å². The molecule has 2 aromatic carbocycles. The van der Waals surface area contributed by atoms with Crippen molar-refractivity contribution in [3.8, 4) is 0 Å². The van der Waals surface area contributed by atoms with Crippen LogP contribution in [-0.4, -0.2) is 69.6 Å². The highest BCUT2D eigenvalue weighted by molar-refractivity contribution is 7.89. The predicted octanol–water partition coefficient (Wildman–Crippen LogP) is 4.69. The van der Waals surface area contributed by atoms with E-state index in [1.165, 1.54) is 40.9 Å². The third-order valence-electron chi connectivity index (χ3n) is 7.87. The van der Waals surface area contributed by atoms with Crippen molar-refractivity contribution in [1.82, 2.24) is 4.31 Å². The van der Waals surface area contributed by atoms with Crippen LogP contribution in [0, 0.1) is 22.6 Å². The van der Waals surface area contributed by atoms with Gasteiger partial charge < -0.3 is 15.0 Å². The van der Waals surface area contributed by atoms with Crippen molar-refractivity contribution in [1.29, 1.82) is 5.41 Å². The Hall–Kier alpha value is -3.44. The molecule has 0 aromatic heterocycles. The second-order valence-corrected chi connectivity index (χ2v) is 12.3. The minimum atomic E-state index is -4.00. The summed E-state index contributed by atoms with van der Waals surface area (Å²) in [6.45, 7) is 2.57. The number of rotatable bonds is 7. The molecule has 8 nitrogen and oxygen atoms in total. The molecule has 0 bridgehead atoms. The summed E-state index contributed by atoms with van der Waals surface area (Å²) in [5.41, 5.74) is 1.13. The van der Waals surface area contributed by atoms with Crippen molar-refractivity contribution in [3.05, 3.63) is 66.0 Å². The Balaban J connectivity index is 1.49. The summed E-state index contributed by atoms with van der Waals surface area (Å²) in [5, 5.41) is 8.08. The average Bonchev–Trinajstić information content (AvgIpc) is 3.40. The largest absolute Gasteiger partial charge is 0.465 e. The van der Waals surface area contributed by atoms with Gasteiger partial charge in [-0.2, -0.15) is 4.31 Å². The normalized spacial score (nSPS) is 26.3. The van der Waals surface area contributed by atoms with Crippen molar-refractivity contribution in [2.75, 3.05) is 37.7 Å². The number of halogens is 2. The second-order valence-electron chi connectivity index (χ2n) is 10.4. The molecule has 0 amide bonds. The van der Waals surface area contributed by atoms with Gasteiger partial charge in [0.25, 0.3) is 0 Å². The number of piperidine rings is 1. The number of carbonyl (C=O) groups excluding carboxylic acids is 1. The van der Waals surface area contributed by atoms with E-state index in [9.17, 15) is 22.0 Å². The van der Waals surface area contributed by atoms with Crippen molar-refractivity contribution in [3.63, 3.8) is 0 Å². The summed E-state index contributed by atoms with van der Waals surface area (Å²) in [4.78, 5) is 20.0. The number of benzene rings is 2. The smallest absolute Gasteiger partial charge is 0.317 e. The van der Waals surface area contributed by atoms with Gasteiger partial charge in [0, 0.05) is 49.7 Å². The third kappa shape index (κ3) is 5.32. The van der Waals surface area contributed by atoms with Gasteiger partial charge >= 0.3 is 5.97 Å². The van der Waals surface area contributed by atoms with Crippen LogP contribution in [0.3, 0.4) is 0 Å². The first-order valence-corrected chi connectivity index (χ1v) is 14.8. The van der Waals surface area contributed by atoms with Crippen LogP contribution in [0.1, 0.15) is 26.2 Å². The molecule has 3 unspecified atom stereocenters. The van der Waals surface area contributed by atoms with Crippen LogP contribution in [0.5, 0.6) is 0 Å². The number of anilines is 1. The van der Waals surface area contributed by atoms with E-state index >= 15 is 0 Å². The van der Waals surface area contributed by atoms with Gasteiger partial charge in [-0.05, 0) is 80.3 Å². The van der Waals surface area contributed by atoms with E-state index in [0.29, 0.717) is 35.6 Å². The van der Waals surface area contributed by atoms with Crippen molar-refractivity contribution in [2.45, 2.75) is 37.3 Å². The molecule has 40 heavy (non-hydrogen) atoms. The van der Waals surface area contributed by atoms with Crippen molar-refractivity contribution >= 4 is 39.3 Å². The number of hydrogen-bond acceptors (Lipinski definition) is 7. The number of aliphatic imine (C=N–C) groups is 1. The molecule has 3 aliphatic rings. The first-order chi connectivity index (χ1) is 19.2. The fourth-order valence-corrected chi connectivity index (χ4v) is 7.30. The Bertz CT molecular complexity index is 1460. The van der Waals surface area contributed by atoms with Crippen LogP contribution < -0.4 is 4.90 Å². The Kier molecular flexibility index (Phi) is 7.87. The zero-order chi connectivity index (χ0) is 28.5.